The summed E-state index contributed by atoms with van der Waals surface area (Å²) in [4.78, 5) is 8.87. The molecule has 0 atom stereocenters. The van der Waals surface area contributed by atoms with Crippen LogP contribution in [0, 0.1) is 6.92 Å². The van der Waals surface area contributed by atoms with Crippen molar-refractivity contribution in [3.8, 4) is 34.3 Å². The van der Waals surface area contributed by atoms with Crippen LogP contribution in [-0.2, 0) is 0 Å². The van der Waals surface area contributed by atoms with Crippen LogP contribution in [0.4, 0.5) is 0 Å². The van der Waals surface area contributed by atoms with Crippen LogP contribution in [0.3, 0.4) is 0 Å². The van der Waals surface area contributed by atoms with Crippen LogP contribution < -0.4 is 0 Å². The SMILES string of the molecule is Cc1nc(-c2cccc(-c3noc(-c4ccco4)n3)c2)cs1. The van der Waals surface area contributed by atoms with E-state index in [1.807, 2.05) is 36.6 Å². The molecule has 0 saturated heterocycles. The van der Waals surface area contributed by atoms with Crippen LogP contribution in [0.1, 0.15) is 5.01 Å². The maximum atomic E-state index is 5.26. The van der Waals surface area contributed by atoms with Gasteiger partial charge in [0.2, 0.25) is 5.82 Å². The van der Waals surface area contributed by atoms with Gasteiger partial charge in [0.05, 0.1) is 17.0 Å². The number of furan rings is 1. The maximum absolute atomic E-state index is 5.26. The van der Waals surface area contributed by atoms with E-state index < -0.39 is 0 Å². The molecule has 0 aliphatic heterocycles. The number of benzene rings is 1. The molecule has 0 radical (unpaired) electrons. The molecular weight excluding hydrogens is 298 g/mol. The van der Waals surface area contributed by atoms with Crippen molar-refractivity contribution in [2.75, 3.05) is 0 Å². The summed E-state index contributed by atoms with van der Waals surface area (Å²) in [6.07, 6.45) is 1.57. The van der Waals surface area contributed by atoms with Crippen LogP contribution in [-0.4, -0.2) is 15.1 Å². The minimum atomic E-state index is 0.370. The van der Waals surface area contributed by atoms with Gasteiger partial charge >= 0.3 is 0 Å². The molecule has 0 aliphatic rings. The minimum absolute atomic E-state index is 0.370. The van der Waals surface area contributed by atoms with Crippen LogP contribution in [0.2, 0.25) is 0 Å². The Labute approximate surface area is 130 Å². The molecule has 6 heteroatoms. The van der Waals surface area contributed by atoms with Crippen molar-refractivity contribution in [1.82, 2.24) is 15.1 Å². The first-order valence-corrected chi connectivity index (χ1v) is 7.58. The van der Waals surface area contributed by atoms with Gasteiger partial charge in [-0.3, -0.25) is 0 Å². The largest absolute Gasteiger partial charge is 0.459 e. The van der Waals surface area contributed by atoms with Gasteiger partial charge in [0.25, 0.3) is 5.89 Å². The van der Waals surface area contributed by atoms with E-state index in [-0.39, 0.29) is 0 Å². The Morgan fingerprint density at radius 1 is 1.05 bits per heavy atom. The van der Waals surface area contributed by atoms with E-state index in [2.05, 4.69) is 15.1 Å². The molecule has 0 N–H and O–H groups in total. The number of thiazole rings is 1. The first-order valence-electron chi connectivity index (χ1n) is 6.70. The second kappa shape index (κ2) is 5.23. The Morgan fingerprint density at radius 3 is 2.73 bits per heavy atom. The molecule has 3 heterocycles. The molecule has 4 aromatic rings. The molecule has 0 unspecified atom stereocenters. The molecule has 0 amide bonds. The summed E-state index contributed by atoms with van der Waals surface area (Å²) >= 11 is 1.63. The van der Waals surface area contributed by atoms with Crippen molar-refractivity contribution in [3.63, 3.8) is 0 Å². The zero-order valence-electron chi connectivity index (χ0n) is 11.7. The monoisotopic (exact) mass is 309 g/mol. The van der Waals surface area contributed by atoms with Gasteiger partial charge in [0, 0.05) is 16.5 Å². The number of nitrogens with zero attached hydrogens (tertiary/aromatic N) is 3. The van der Waals surface area contributed by atoms with E-state index in [0.29, 0.717) is 17.5 Å². The molecule has 108 valence electrons. The normalized spacial score (nSPS) is 11.0. The topological polar surface area (TPSA) is 65.0 Å². The minimum Gasteiger partial charge on any atom is -0.459 e. The number of hydrogen-bond donors (Lipinski definition) is 0. The summed E-state index contributed by atoms with van der Waals surface area (Å²) in [7, 11) is 0. The van der Waals surface area contributed by atoms with E-state index >= 15 is 0 Å². The Morgan fingerprint density at radius 2 is 1.95 bits per heavy atom. The van der Waals surface area contributed by atoms with Crippen molar-refractivity contribution in [3.05, 3.63) is 53.0 Å². The van der Waals surface area contributed by atoms with Gasteiger partial charge in [-0.25, -0.2) is 4.98 Å². The smallest absolute Gasteiger partial charge is 0.293 e. The summed E-state index contributed by atoms with van der Waals surface area (Å²) in [6, 6.07) is 11.5. The number of aryl methyl sites for hydroxylation is 1. The van der Waals surface area contributed by atoms with Crippen molar-refractivity contribution < 1.29 is 8.94 Å². The highest BCUT2D eigenvalue weighted by Gasteiger charge is 2.13. The standard InChI is InChI=1S/C16H11N3O2S/c1-10-17-13(9-22-10)11-4-2-5-12(8-11)15-18-16(21-19-15)14-6-3-7-20-14/h2-9H,1H3. The second-order valence-corrected chi connectivity index (χ2v) is 5.80. The zero-order chi connectivity index (χ0) is 14.9. The highest BCUT2D eigenvalue weighted by molar-refractivity contribution is 7.09. The molecular formula is C16H11N3O2S. The van der Waals surface area contributed by atoms with Crippen molar-refractivity contribution in [1.29, 1.82) is 0 Å². The summed E-state index contributed by atoms with van der Waals surface area (Å²) in [5.41, 5.74) is 2.87. The van der Waals surface area contributed by atoms with E-state index in [1.165, 1.54) is 0 Å². The third-order valence-electron chi connectivity index (χ3n) is 3.19. The predicted molar refractivity (Wildman–Crippen MR) is 83.3 cm³/mol. The summed E-state index contributed by atoms with van der Waals surface area (Å²) < 4.78 is 10.5. The molecule has 0 bridgehead atoms. The highest BCUT2D eigenvalue weighted by Crippen LogP contribution is 2.27. The predicted octanol–water partition coefficient (Wildman–Crippen LogP) is 4.43. The molecule has 22 heavy (non-hydrogen) atoms. The highest BCUT2D eigenvalue weighted by atomic mass is 32.1. The lowest BCUT2D eigenvalue weighted by Crippen LogP contribution is -1.83. The van der Waals surface area contributed by atoms with Crippen molar-refractivity contribution in [2.24, 2.45) is 0 Å². The van der Waals surface area contributed by atoms with Crippen LogP contribution in [0.5, 0.6) is 0 Å². The molecule has 0 aliphatic carbocycles. The Balaban J connectivity index is 1.71. The number of rotatable bonds is 3. The van der Waals surface area contributed by atoms with E-state index in [4.69, 9.17) is 8.94 Å². The lowest BCUT2D eigenvalue weighted by Gasteiger charge is -1.99. The third-order valence-corrected chi connectivity index (χ3v) is 3.97. The quantitative estimate of drug-likeness (QED) is 0.560. The summed E-state index contributed by atoms with van der Waals surface area (Å²) in [6.45, 7) is 1.99. The first-order chi connectivity index (χ1) is 10.8. The molecule has 1 aromatic carbocycles. The molecule has 0 saturated carbocycles. The molecule has 0 fully saturated rings. The fourth-order valence-electron chi connectivity index (χ4n) is 2.15. The van der Waals surface area contributed by atoms with Gasteiger partial charge in [-0.15, -0.1) is 11.3 Å². The van der Waals surface area contributed by atoms with Gasteiger partial charge in [0.1, 0.15) is 0 Å². The second-order valence-electron chi connectivity index (χ2n) is 4.73. The van der Waals surface area contributed by atoms with Gasteiger partial charge in [0.15, 0.2) is 5.76 Å². The van der Waals surface area contributed by atoms with E-state index in [0.717, 1.165) is 21.8 Å². The molecule has 0 spiro atoms. The van der Waals surface area contributed by atoms with E-state index in [9.17, 15) is 0 Å². The van der Waals surface area contributed by atoms with Gasteiger partial charge in [-0.2, -0.15) is 4.98 Å². The Hall–Kier alpha value is -2.73. The fourth-order valence-corrected chi connectivity index (χ4v) is 2.78. The number of aromatic nitrogens is 3. The van der Waals surface area contributed by atoms with Crippen molar-refractivity contribution in [2.45, 2.75) is 6.92 Å². The average molecular weight is 309 g/mol. The maximum Gasteiger partial charge on any atom is 0.293 e. The molecule has 4 rings (SSSR count). The van der Waals surface area contributed by atoms with Crippen molar-refractivity contribution >= 4 is 11.3 Å². The summed E-state index contributed by atoms with van der Waals surface area (Å²) in [5, 5.41) is 7.10. The lowest BCUT2D eigenvalue weighted by molar-refractivity contribution is 0.417. The van der Waals surface area contributed by atoms with Gasteiger partial charge < -0.3 is 8.94 Å². The fraction of sp³-hybridized carbons (Fsp3) is 0.0625. The van der Waals surface area contributed by atoms with Crippen LogP contribution in [0.15, 0.2) is 57.0 Å². The first kappa shape index (κ1) is 13.0. The average Bonchev–Trinajstić information content (AvgIpc) is 3.28. The zero-order valence-corrected chi connectivity index (χ0v) is 12.5. The Bertz CT molecular complexity index is 909. The van der Waals surface area contributed by atoms with Gasteiger partial charge in [-0.1, -0.05) is 23.4 Å². The van der Waals surface area contributed by atoms with Crippen LogP contribution in [0.25, 0.3) is 34.3 Å². The lowest BCUT2D eigenvalue weighted by atomic mass is 10.1. The summed E-state index contributed by atoms with van der Waals surface area (Å²) in [5.74, 6) is 1.46. The van der Waals surface area contributed by atoms with Crippen LogP contribution >= 0.6 is 11.3 Å². The van der Waals surface area contributed by atoms with E-state index in [1.54, 1.807) is 29.7 Å². The van der Waals surface area contributed by atoms with Gasteiger partial charge in [-0.05, 0) is 25.1 Å². The Kier molecular flexibility index (Phi) is 3.08. The molecule has 5 nitrogen and oxygen atoms in total. The third kappa shape index (κ3) is 2.33. The molecule has 3 aromatic heterocycles. The number of hydrogen-bond acceptors (Lipinski definition) is 6.